The fourth-order valence-corrected chi connectivity index (χ4v) is 4.38. The van der Waals surface area contributed by atoms with Crippen LogP contribution in [-0.4, -0.2) is 18.4 Å². The summed E-state index contributed by atoms with van der Waals surface area (Å²) in [5.41, 5.74) is 15.3. The number of allylic oxidation sites excluding steroid dienone is 5. The van der Waals surface area contributed by atoms with Crippen LogP contribution in [0.2, 0.25) is 0 Å². The van der Waals surface area contributed by atoms with E-state index >= 15 is 0 Å². The molecule has 0 spiro atoms. The molecule has 0 amide bonds. The molecule has 35 heavy (non-hydrogen) atoms. The summed E-state index contributed by atoms with van der Waals surface area (Å²) in [5, 5.41) is 0. The van der Waals surface area contributed by atoms with Crippen molar-refractivity contribution in [3.63, 3.8) is 0 Å². The number of nitrogens with zero attached hydrogens (tertiary/aromatic N) is 1. The Morgan fingerprint density at radius 3 is 2.06 bits per heavy atom. The second-order valence-electron chi connectivity index (χ2n) is 8.88. The second-order valence-corrected chi connectivity index (χ2v) is 10.1. The zero-order valence-corrected chi connectivity index (χ0v) is 23.8. The molecular formula is C31H37IN2O. The van der Waals surface area contributed by atoms with Gasteiger partial charge in [-0.3, -0.25) is 4.79 Å². The number of hydrogen-bond donors (Lipinski definition) is 1. The summed E-state index contributed by atoms with van der Waals surface area (Å²) in [5.74, 6) is -0.00470. The number of carbonyl (C=O) groups is 1. The summed E-state index contributed by atoms with van der Waals surface area (Å²) in [6.45, 7) is 23.7. The SMILES string of the molecule is C=CC(=C(C)C)/C(C(=C)N(CC)c1ccc(CC(N)C(C)=O)cc1)=C(/C)C(=C)c1ccc(I)cc1. The van der Waals surface area contributed by atoms with E-state index in [9.17, 15) is 4.79 Å². The number of carbonyl (C=O) groups excluding carboxylic acids is 1. The highest BCUT2D eigenvalue weighted by Crippen LogP contribution is 2.36. The highest BCUT2D eigenvalue weighted by atomic mass is 127. The number of Topliss-reactive ketones (excluding diaryl/α,β-unsaturated/α-hetero) is 1. The Morgan fingerprint density at radius 2 is 1.60 bits per heavy atom. The lowest BCUT2D eigenvalue weighted by atomic mass is 9.88. The number of benzene rings is 2. The first-order valence-corrected chi connectivity index (χ1v) is 12.9. The van der Waals surface area contributed by atoms with Crippen LogP contribution >= 0.6 is 22.6 Å². The summed E-state index contributed by atoms with van der Waals surface area (Å²) < 4.78 is 1.19. The topological polar surface area (TPSA) is 46.3 Å². The monoisotopic (exact) mass is 580 g/mol. The first-order chi connectivity index (χ1) is 16.5. The van der Waals surface area contributed by atoms with Crippen molar-refractivity contribution in [2.75, 3.05) is 11.4 Å². The average molecular weight is 581 g/mol. The third kappa shape index (κ3) is 7.15. The van der Waals surface area contributed by atoms with Crippen molar-refractivity contribution >= 4 is 39.6 Å². The van der Waals surface area contributed by atoms with Gasteiger partial charge in [0.2, 0.25) is 0 Å². The van der Waals surface area contributed by atoms with Gasteiger partial charge in [0.25, 0.3) is 0 Å². The Bertz CT molecular complexity index is 1160. The molecule has 1 unspecified atom stereocenters. The van der Waals surface area contributed by atoms with Gasteiger partial charge in [-0.2, -0.15) is 0 Å². The zero-order chi connectivity index (χ0) is 26.3. The van der Waals surface area contributed by atoms with Crippen LogP contribution in [0.3, 0.4) is 0 Å². The molecule has 0 aliphatic rings. The van der Waals surface area contributed by atoms with Gasteiger partial charge in [0.15, 0.2) is 0 Å². The molecule has 2 aromatic carbocycles. The molecule has 0 aliphatic heterocycles. The van der Waals surface area contributed by atoms with E-state index < -0.39 is 6.04 Å². The lowest BCUT2D eigenvalue weighted by Crippen LogP contribution is -2.30. The number of nitrogens with two attached hydrogens (primary N) is 1. The van der Waals surface area contributed by atoms with E-state index in [-0.39, 0.29) is 5.78 Å². The number of likely N-dealkylation sites (N-methyl/N-ethyl adjacent to an activating group) is 1. The van der Waals surface area contributed by atoms with Gasteiger partial charge >= 0.3 is 0 Å². The predicted molar refractivity (Wildman–Crippen MR) is 160 cm³/mol. The van der Waals surface area contributed by atoms with Crippen LogP contribution in [0.25, 0.3) is 5.57 Å². The quantitative estimate of drug-likeness (QED) is 0.220. The summed E-state index contributed by atoms with van der Waals surface area (Å²) in [4.78, 5) is 13.7. The zero-order valence-electron chi connectivity index (χ0n) is 21.6. The van der Waals surface area contributed by atoms with E-state index in [1.54, 1.807) is 0 Å². The molecule has 0 aromatic heterocycles. The minimum Gasteiger partial charge on any atom is -0.342 e. The normalized spacial score (nSPS) is 12.3. The second kappa shape index (κ2) is 12.8. The van der Waals surface area contributed by atoms with Crippen LogP contribution in [-0.2, 0) is 11.2 Å². The molecule has 2 rings (SSSR count). The maximum Gasteiger partial charge on any atom is 0.146 e. The van der Waals surface area contributed by atoms with Crippen molar-refractivity contribution < 1.29 is 4.79 Å². The van der Waals surface area contributed by atoms with Gasteiger partial charge in [0.05, 0.1) is 6.04 Å². The molecule has 0 saturated carbocycles. The Balaban J connectivity index is 2.54. The van der Waals surface area contributed by atoms with E-state index in [1.807, 2.05) is 18.2 Å². The van der Waals surface area contributed by atoms with Crippen LogP contribution in [0.5, 0.6) is 0 Å². The van der Waals surface area contributed by atoms with E-state index in [2.05, 4.69) is 111 Å². The molecule has 2 aromatic rings. The fraction of sp³-hybridized carbons (Fsp3) is 0.258. The molecule has 2 N–H and O–H groups in total. The average Bonchev–Trinajstić information content (AvgIpc) is 2.83. The maximum absolute atomic E-state index is 11.5. The Hall–Kier alpha value is -2.70. The van der Waals surface area contributed by atoms with Crippen LogP contribution < -0.4 is 10.6 Å². The first-order valence-electron chi connectivity index (χ1n) is 11.8. The van der Waals surface area contributed by atoms with Crippen molar-refractivity contribution in [2.24, 2.45) is 5.73 Å². The molecule has 184 valence electrons. The van der Waals surface area contributed by atoms with Gasteiger partial charge in [-0.15, -0.1) is 0 Å². The minimum atomic E-state index is -0.477. The van der Waals surface area contributed by atoms with Crippen LogP contribution in [0.1, 0.15) is 45.7 Å². The molecule has 0 bridgehead atoms. The number of hydrogen-bond acceptors (Lipinski definition) is 3. The van der Waals surface area contributed by atoms with Crippen molar-refractivity contribution in [3.8, 4) is 0 Å². The van der Waals surface area contributed by atoms with Crippen LogP contribution in [0, 0.1) is 3.57 Å². The van der Waals surface area contributed by atoms with Crippen molar-refractivity contribution in [3.05, 3.63) is 117 Å². The Kier molecular flexibility index (Phi) is 10.5. The Morgan fingerprint density at radius 1 is 1.03 bits per heavy atom. The smallest absolute Gasteiger partial charge is 0.146 e. The summed E-state index contributed by atoms with van der Waals surface area (Å²) >= 11 is 2.31. The molecule has 4 heteroatoms. The van der Waals surface area contributed by atoms with Gasteiger partial charge in [-0.1, -0.05) is 55.7 Å². The number of halogens is 1. The molecule has 0 aliphatic carbocycles. The molecular weight excluding hydrogens is 543 g/mol. The molecule has 3 nitrogen and oxygen atoms in total. The van der Waals surface area contributed by atoms with Gasteiger partial charge in [-0.05, 0) is 116 Å². The first kappa shape index (κ1) is 28.5. The van der Waals surface area contributed by atoms with Gasteiger partial charge in [0.1, 0.15) is 5.78 Å². The predicted octanol–water partition coefficient (Wildman–Crippen LogP) is 7.64. The molecule has 1 atom stereocenters. The summed E-state index contributed by atoms with van der Waals surface area (Å²) in [7, 11) is 0. The van der Waals surface area contributed by atoms with E-state index in [0.29, 0.717) is 6.42 Å². The molecule has 0 saturated heterocycles. The number of ketones is 1. The van der Waals surface area contributed by atoms with E-state index in [1.165, 1.54) is 10.5 Å². The van der Waals surface area contributed by atoms with Crippen LogP contribution in [0.4, 0.5) is 5.69 Å². The van der Waals surface area contributed by atoms with Crippen molar-refractivity contribution in [2.45, 2.75) is 47.1 Å². The lowest BCUT2D eigenvalue weighted by Gasteiger charge is -2.30. The molecule has 0 heterocycles. The largest absolute Gasteiger partial charge is 0.342 e. The highest BCUT2D eigenvalue weighted by molar-refractivity contribution is 14.1. The Labute approximate surface area is 224 Å². The highest BCUT2D eigenvalue weighted by Gasteiger charge is 2.20. The molecule has 0 radical (unpaired) electrons. The summed E-state index contributed by atoms with van der Waals surface area (Å²) in [6, 6.07) is 16.1. The minimum absolute atomic E-state index is 0.00470. The van der Waals surface area contributed by atoms with E-state index in [0.717, 1.165) is 56.9 Å². The summed E-state index contributed by atoms with van der Waals surface area (Å²) in [6.07, 6.45) is 2.43. The van der Waals surface area contributed by atoms with Gasteiger partial charge in [0, 0.05) is 27.1 Å². The van der Waals surface area contributed by atoms with E-state index in [4.69, 9.17) is 5.73 Å². The third-order valence-corrected chi connectivity index (χ3v) is 6.91. The number of anilines is 1. The maximum atomic E-state index is 11.5. The van der Waals surface area contributed by atoms with Crippen molar-refractivity contribution in [1.82, 2.24) is 0 Å². The van der Waals surface area contributed by atoms with Crippen LogP contribution in [0.15, 0.2) is 102 Å². The number of rotatable bonds is 11. The molecule has 0 fully saturated rings. The van der Waals surface area contributed by atoms with Gasteiger partial charge in [-0.25, -0.2) is 0 Å². The van der Waals surface area contributed by atoms with Gasteiger partial charge < -0.3 is 10.6 Å². The lowest BCUT2D eigenvalue weighted by molar-refractivity contribution is -0.118. The fourth-order valence-electron chi connectivity index (χ4n) is 4.02. The standard InChI is InChI=1S/C31H37IN2O/c1-9-29(20(3)4)31(22(6)21(5)26-13-15-27(32)16-14-26)23(7)34(10-2)28-17-11-25(12-18-28)19-30(33)24(8)35/h9,11-18,30H,1,5,7,10,19,33H2,2-4,6,8H3/b31-22-. The third-order valence-electron chi connectivity index (χ3n) is 6.19. The van der Waals surface area contributed by atoms with Crippen molar-refractivity contribution in [1.29, 1.82) is 0 Å².